The third-order valence-corrected chi connectivity index (χ3v) is 5.96. The van der Waals surface area contributed by atoms with Crippen LogP contribution >= 0.6 is 0 Å². The quantitative estimate of drug-likeness (QED) is 0.340. The molecule has 0 spiro atoms. The van der Waals surface area contributed by atoms with Crippen molar-refractivity contribution in [3.05, 3.63) is 0 Å². The number of alkyl halides is 3. The molecule has 1 atom stereocenters. The summed E-state index contributed by atoms with van der Waals surface area (Å²) in [5.74, 6) is 0.611. The Morgan fingerprint density at radius 1 is 1.35 bits per heavy atom. The second kappa shape index (κ2) is 10.3. The normalized spacial score (nSPS) is 20.0. The first kappa shape index (κ1) is 23.0. The molecule has 0 aromatic carbocycles. The molecular weight excluding hydrogens is 371 g/mol. The van der Waals surface area contributed by atoms with Gasteiger partial charge in [0.15, 0.2) is 5.96 Å². The largest absolute Gasteiger partial charge is 0.401 e. The summed E-state index contributed by atoms with van der Waals surface area (Å²) in [7, 11) is -1.65. The van der Waals surface area contributed by atoms with Crippen LogP contribution in [-0.2, 0) is 10.0 Å². The van der Waals surface area contributed by atoms with Crippen LogP contribution in [-0.4, -0.2) is 87.9 Å². The van der Waals surface area contributed by atoms with Crippen molar-refractivity contribution >= 4 is 16.0 Å². The Labute approximate surface area is 154 Å². The number of halogens is 3. The number of hydrogen-bond donors (Lipinski definition) is 2. The highest BCUT2D eigenvalue weighted by molar-refractivity contribution is 7.89. The fourth-order valence-electron chi connectivity index (χ4n) is 2.70. The molecule has 0 aromatic heterocycles. The van der Waals surface area contributed by atoms with Gasteiger partial charge in [-0.15, -0.1) is 0 Å². The molecule has 0 aliphatic carbocycles. The van der Waals surface area contributed by atoms with E-state index in [-0.39, 0.29) is 11.8 Å². The summed E-state index contributed by atoms with van der Waals surface area (Å²) in [5.41, 5.74) is 0. The molecule has 1 saturated heterocycles. The lowest BCUT2D eigenvalue weighted by Gasteiger charge is -2.20. The standard InChI is InChI=1S/C15H30F3N5O2S/c1-4-19-14(20-8-6-9-22(3)26(24,25)5-2)21-13-7-10-23(11-13)12-15(16,17)18/h13H,4-12H2,1-3H3,(H2,19,20,21). The molecule has 26 heavy (non-hydrogen) atoms. The van der Waals surface area contributed by atoms with E-state index in [2.05, 4.69) is 15.6 Å². The van der Waals surface area contributed by atoms with E-state index in [1.807, 2.05) is 6.92 Å². The first-order valence-corrected chi connectivity index (χ1v) is 10.5. The molecule has 0 radical (unpaired) electrons. The minimum absolute atomic E-state index is 0.0626. The minimum atomic E-state index is -4.18. The van der Waals surface area contributed by atoms with Crippen molar-refractivity contribution in [3.8, 4) is 0 Å². The maximum atomic E-state index is 12.5. The van der Waals surface area contributed by atoms with Gasteiger partial charge in [0, 0.05) is 45.8 Å². The lowest BCUT2D eigenvalue weighted by molar-refractivity contribution is -0.143. The molecule has 0 amide bonds. The van der Waals surface area contributed by atoms with Crippen LogP contribution in [0.1, 0.15) is 26.7 Å². The molecule has 1 fully saturated rings. The number of nitrogens with one attached hydrogen (secondary N) is 2. The van der Waals surface area contributed by atoms with Crippen LogP contribution in [0.5, 0.6) is 0 Å². The summed E-state index contributed by atoms with van der Waals surface area (Å²) >= 11 is 0. The fourth-order valence-corrected chi connectivity index (χ4v) is 3.55. The van der Waals surface area contributed by atoms with Gasteiger partial charge in [-0.25, -0.2) is 12.7 Å². The predicted molar refractivity (Wildman–Crippen MR) is 96.7 cm³/mol. The van der Waals surface area contributed by atoms with Crippen molar-refractivity contribution in [3.63, 3.8) is 0 Å². The number of nitrogens with zero attached hydrogens (tertiary/aromatic N) is 3. The Bertz CT molecular complexity index is 554. The number of guanidine groups is 1. The maximum absolute atomic E-state index is 12.5. The molecule has 11 heteroatoms. The van der Waals surface area contributed by atoms with Crippen molar-refractivity contribution in [2.75, 3.05) is 52.1 Å². The maximum Gasteiger partial charge on any atom is 0.401 e. The molecule has 0 bridgehead atoms. The Morgan fingerprint density at radius 2 is 2.04 bits per heavy atom. The Hall–Kier alpha value is -1.07. The second-order valence-corrected chi connectivity index (χ2v) is 8.68. The van der Waals surface area contributed by atoms with E-state index in [1.54, 1.807) is 14.0 Å². The lowest BCUT2D eigenvalue weighted by Crippen LogP contribution is -2.45. The summed E-state index contributed by atoms with van der Waals surface area (Å²) in [6.45, 7) is 4.77. The van der Waals surface area contributed by atoms with Gasteiger partial charge in [0.25, 0.3) is 0 Å². The summed E-state index contributed by atoms with van der Waals surface area (Å²) in [5, 5.41) is 6.23. The van der Waals surface area contributed by atoms with E-state index in [1.165, 1.54) is 9.21 Å². The summed E-state index contributed by atoms with van der Waals surface area (Å²) in [6, 6.07) is -0.0849. The molecule has 1 aliphatic heterocycles. The highest BCUT2D eigenvalue weighted by Crippen LogP contribution is 2.19. The zero-order valence-corrected chi connectivity index (χ0v) is 16.5. The lowest BCUT2D eigenvalue weighted by atomic mass is 10.3. The predicted octanol–water partition coefficient (Wildman–Crippen LogP) is 0.850. The fraction of sp³-hybridized carbons (Fsp3) is 0.933. The molecule has 1 unspecified atom stereocenters. The summed E-state index contributed by atoms with van der Waals surface area (Å²) in [6.07, 6.45) is -2.99. The molecule has 0 aromatic rings. The molecule has 0 saturated carbocycles. The summed E-state index contributed by atoms with van der Waals surface area (Å²) < 4.78 is 62.0. The molecule has 154 valence electrons. The third-order valence-electron chi connectivity index (χ3n) is 4.10. The first-order valence-electron chi connectivity index (χ1n) is 8.85. The van der Waals surface area contributed by atoms with E-state index in [9.17, 15) is 21.6 Å². The Balaban J connectivity index is 2.45. The van der Waals surface area contributed by atoms with Gasteiger partial charge in [0.05, 0.1) is 12.3 Å². The first-order chi connectivity index (χ1) is 12.1. The van der Waals surface area contributed by atoms with Gasteiger partial charge < -0.3 is 10.6 Å². The van der Waals surface area contributed by atoms with Gasteiger partial charge in [-0.2, -0.15) is 13.2 Å². The van der Waals surface area contributed by atoms with Gasteiger partial charge in [-0.1, -0.05) is 0 Å². The van der Waals surface area contributed by atoms with Gasteiger partial charge in [-0.3, -0.25) is 9.89 Å². The smallest absolute Gasteiger partial charge is 0.357 e. The van der Waals surface area contributed by atoms with Crippen LogP contribution in [0.25, 0.3) is 0 Å². The van der Waals surface area contributed by atoms with E-state index in [0.717, 1.165) is 0 Å². The van der Waals surface area contributed by atoms with Crippen molar-refractivity contribution in [2.24, 2.45) is 4.99 Å². The van der Waals surface area contributed by atoms with Crippen molar-refractivity contribution in [1.29, 1.82) is 0 Å². The topological polar surface area (TPSA) is 77.0 Å². The zero-order chi connectivity index (χ0) is 19.8. The third kappa shape index (κ3) is 8.54. The molecule has 1 heterocycles. The Kier molecular flexibility index (Phi) is 9.11. The van der Waals surface area contributed by atoms with E-state index in [0.29, 0.717) is 51.5 Å². The van der Waals surface area contributed by atoms with Crippen LogP contribution in [0.3, 0.4) is 0 Å². The average molecular weight is 401 g/mol. The molecule has 7 nitrogen and oxygen atoms in total. The van der Waals surface area contributed by atoms with Crippen LogP contribution in [0, 0.1) is 0 Å². The highest BCUT2D eigenvalue weighted by atomic mass is 32.2. The Morgan fingerprint density at radius 3 is 2.62 bits per heavy atom. The van der Waals surface area contributed by atoms with Crippen LogP contribution in [0.15, 0.2) is 4.99 Å². The van der Waals surface area contributed by atoms with Gasteiger partial charge in [0.2, 0.25) is 10.0 Å². The summed E-state index contributed by atoms with van der Waals surface area (Å²) in [4.78, 5) is 5.77. The van der Waals surface area contributed by atoms with Crippen LogP contribution < -0.4 is 10.6 Å². The van der Waals surface area contributed by atoms with Crippen molar-refractivity contribution < 1.29 is 21.6 Å². The average Bonchev–Trinajstić information content (AvgIpc) is 2.96. The van der Waals surface area contributed by atoms with Crippen LogP contribution in [0.2, 0.25) is 0 Å². The van der Waals surface area contributed by atoms with Crippen LogP contribution in [0.4, 0.5) is 13.2 Å². The molecule has 1 rings (SSSR count). The zero-order valence-electron chi connectivity index (χ0n) is 15.6. The van der Waals surface area contributed by atoms with E-state index < -0.39 is 22.7 Å². The molecule has 2 N–H and O–H groups in total. The number of hydrogen-bond acceptors (Lipinski definition) is 4. The second-order valence-electron chi connectivity index (χ2n) is 6.32. The SMILES string of the molecule is CCNC(=NCCCN(C)S(=O)(=O)CC)NC1CCN(CC(F)(F)F)C1. The molecule has 1 aliphatic rings. The molecular formula is C15H30F3N5O2S. The number of rotatable bonds is 9. The highest BCUT2D eigenvalue weighted by Gasteiger charge is 2.34. The number of aliphatic imine (C=N–C) groups is 1. The van der Waals surface area contributed by atoms with E-state index >= 15 is 0 Å². The van der Waals surface area contributed by atoms with Crippen molar-refractivity contribution in [2.45, 2.75) is 38.9 Å². The van der Waals surface area contributed by atoms with Gasteiger partial charge >= 0.3 is 6.18 Å². The van der Waals surface area contributed by atoms with Gasteiger partial charge in [-0.05, 0) is 26.7 Å². The number of sulfonamides is 1. The number of likely N-dealkylation sites (tertiary alicyclic amines) is 1. The van der Waals surface area contributed by atoms with Gasteiger partial charge in [0.1, 0.15) is 0 Å². The minimum Gasteiger partial charge on any atom is -0.357 e. The van der Waals surface area contributed by atoms with Crippen molar-refractivity contribution in [1.82, 2.24) is 19.8 Å². The monoisotopic (exact) mass is 401 g/mol. The van der Waals surface area contributed by atoms with E-state index in [4.69, 9.17) is 0 Å².